The molecule has 0 atom stereocenters. The zero-order chi connectivity index (χ0) is 13.0. The average Bonchev–Trinajstić information content (AvgIpc) is 2.84. The van der Waals surface area contributed by atoms with Gasteiger partial charge < -0.3 is 15.0 Å². The molecule has 0 radical (unpaired) electrons. The number of halogens is 1. The van der Waals surface area contributed by atoms with Crippen molar-refractivity contribution in [1.29, 1.82) is 0 Å². The predicted molar refractivity (Wildman–Crippen MR) is 74.3 cm³/mol. The first-order valence-corrected chi connectivity index (χ1v) is 6.65. The van der Waals surface area contributed by atoms with E-state index in [0.717, 1.165) is 28.2 Å². The molecular formula is C13H16BrN3O. The van der Waals surface area contributed by atoms with E-state index in [4.69, 9.17) is 10.5 Å². The van der Waals surface area contributed by atoms with Gasteiger partial charge in [0.1, 0.15) is 18.2 Å². The number of benzene rings is 1. The number of aryl methyl sites for hydroxylation is 1. The van der Waals surface area contributed by atoms with Crippen molar-refractivity contribution in [3.05, 3.63) is 46.5 Å². The minimum atomic E-state index is 0.441. The lowest BCUT2D eigenvalue weighted by Crippen LogP contribution is -2.08. The van der Waals surface area contributed by atoms with Gasteiger partial charge in [0.25, 0.3) is 0 Å². The van der Waals surface area contributed by atoms with Crippen LogP contribution in [0.15, 0.2) is 35.1 Å². The van der Waals surface area contributed by atoms with Crippen LogP contribution in [0.4, 0.5) is 0 Å². The maximum Gasteiger partial charge on any atom is 0.146 e. The number of hydrogen-bond donors (Lipinski definition) is 1. The van der Waals surface area contributed by atoms with E-state index in [0.29, 0.717) is 13.2 Å². The molecule has 0 amide bonds. The number of imidazole rings is 1. The predicted octanol–water partition coefficient (Wildman–Crippen LogP) is 2.70. The van der Waals surface area contributed by atoms with Gasteiger partial charge in [-0.1, -0.05) is 12.1 Å². The molecule has 0 saturated heterocycles. The summed E-state index contributed by atoms with van der Waals surface area (Å²) in [6, 6.07) is 5.86. The Kier molecular flexibility index (Phi) is 4.38. The summed E-state index contributed by atoms with van der Waals surface area (Å²) >= 11 is 3.48. The molecule has 2 aromatic rings. The van der Waals surface area contributed by atoms with Crippen LogP contribution in [0.25, 0.3) is 0 Å². The molecule has 0 fully saturated rings. The molecule has 1 heterocycles. The third-order valence-corrected chi connectivity index (χ3v) is 3.38. The van der Waals surface area contributed by atoms with E-state index in [2.05, 4.69) is 32.4 Å². The monoisotopic (exact) mass is 309 g/mol. The summed E-state index contributed by atoms with van der Waals surface area (Å²) in [5.74, 6) is 1.71. The van der Waals surface area contributed by atoms with Crippen molar-refractivity contribution in [2.75, 3.05) is 0 Å². The summed E-state index contributed by atoms with van der Waals surface area (Å²) in [4.78, 5) is 4.28. The third-order valence-electron chi connectivity index (χ3n) is 2.76. The highest BCUT2D eigenvalue weighted by Gasteiger charge is 2.09. The highest BCUT2D eigenvalue weighted by molar-refractivity contribution is 9.10. The lowest BCUT2D eigenvalue weighted by atomic mass is 10.2. The van der Waals surface area contributed by atoms with E-state index >= 15 is 0 Å². The highest BCUT2D eigenvalue weighted by atomic mass is 79.9. The Morgan fingerprint density at radius 1 is 1.44 bits per heavy atom. The second-order valence-corrected chi connectivity index (χ2v) is 4.70. The maximum absolute atomic E-state index is 5.84. The van der Waals surface area contributed by atoms with Gasteiger partial charge in [0.05, 0.1) is 4.47 Å². The van der Waals surface area contributed by atoms with Crippen LogP contribution < -0.4 is 10.5 Å². The van der Waals surface area contributed by atoms with Crippen LogP contribution >= 0.6 is 15.9 Å². The van der Waals surface area contributed by atoms with Crippen molar-refractivity contribution in [2.24, 2.45) is 5.73 Å². The van der Waals surface area contributed by atoms with E-state index < -0.39 is 0 Å². The fourth-order valence-electron chi connectivity index (χ4n) is 1.78. The number of nitrogens with zero attached hydrogens (tertiary/aromatic N) is 2. The molecule has 1 aromatic heterocycles. The van der Waals surface area contributed by atoms with Gasteiger partial charge in [-0.05, 0) is 28.9 Å². The van der Waals surface area contributed by atoms with Crippen molar-refractivity contribution < 1.29 is 4.74 Å². The van der Waals surface area contributed by atoms with E-state index in [9.17, 15) is 0 Å². The van der Waals surface area contributed by atoms with Gasteiger partial charge in [-0.15, -0.1) is 0 Å². The van der Waals surface area contributed by atoms with Crippen LogP contribution in [0.5, 0.6) is 5.75 Å². The number of para-hydroxylation sites is 1. The van der Waals surface area contributed by atoms with Crippen molar-refractivity contribution in [3.8, 4) is 5.75 Å². The van der Waals surface area contributed by atoms with Gasteiger partial charge in [-0.2, -0.15) is 0 Å². The Labute approximate surface area is 115 Å². The van der Waals surface area contributed by atoms with Crippen molar-refractivity contribution in [3.63, 3.8) is 0 Å². The van der Waals surface area contributed by atoms with Crippen LogP contribution in [0.3, 0.4) is 0 Å². The Balaban J connectivity index is 2.15. The first-order chi connectivity index (χ1) is 8.76. The van der Waals surface area contributed by atoms with E-state index in [1.807, 2.05) is 24.4 Å². The largest absolute Gasteiger partial charge is 0.484 e. The molecule has 2 rings (SSSR count). The quantitative estimate of drug-likeness (QED) is 0.924. The molecule has 0 saturated carbocycles. The Hall–Kier alpha value is -1.33. The molecule has 0 aliphatic rings. The maximum atomic E-state index is 5.84. The minimum Gasteiger partial charge on any atom is -0.484 e. The van der Waals surface area contributed by atoms with E-state index in [-0.39, 0.29) is 0 Å². The van der Waals surface area contributed by atoms with Crippen LogP contribution in [-0.4, -0.2) is 9.55 Å². The molecular weight excluding hydrogens is 294 g/mol. The SMILES string of the molecule is CCn1ccnc1COc1c(Br)cccc1CN. The molecule has 0 bridgehead atoms. The molecule has 4 nitrogen and oxygen atoms in total. The molecule has 0 aliphatic carbocycles. The number of hydrogen-bond acceptors (Lipinski definition) is 3. The van der Waals surface area contributed by atoms with Gasteiger partial charge in [0.2, 0.25) is 0 Å². The Morgan fingerprint density at radius 2 is 2.28 bits per heavy atom. The molecule has 5 heteroatoms. The summed E-state index contributed by atoms with van der Waals surface area (Å²) in [5, 5.41) is 0. The fourth-order valence-corrected chi connectivity index (χ4v) is 2.30. The molecule has 2 N–H and O–H groups in total. The van der Waals surface area contributed by atoms with Crippen molar-refractivity contribution in [1.82, 2.24) is 9.55 Å². The standard InChI is InChI=1S/C13H16BrN3O/c1-2-17-7-6-16-12(17)9-18-13-10(8-15)4-3-5-11(13)14/h3-7H,2,8-9,15H2,1H3. The smallest absolute Gasteiger partial charge is 0.146 e. The number of rotatable bonds is 5. The van der Waals surface area contributed by atoms with E-state index in [1.54, 1.807) is 6.20 Å². The summed E-state index contributed by atoms with van der Waals surface area (Å²) in [5.41, 5.74) is 6.69. The average molecular weight is 310 g/mol. The summed E-state index contributed by atoms with van der Waals surface area (Å²) < 4.78 is 8.81. The Morgan fingerprint density at radius 3 is 3.00 bits per heavy atom. The fraction of sp³-hybridized carbons (Fsp3) is 0.308. The third kappa shape index (κ3) is 2.73. The number of ether oxygens (including phenoxy) is 1. The van der Waals surface area contributed by atoms with Crippen LogP contribution in [0.2, 0.25) is 0 Å². The topological polar surface area (TPSA) is 53.1 Å². The van der Waals surface area contributed by atoms with Gasteiger partial charge in [-0.3, -0.25) is 0 Å². The molecule has 1 aromatic carbocycles. The number of nitrogens with two attached hydrogens (primary N) is 1. The summed E-state index contributed by atoms with van der Waals surface area (Å²) in [6.45, 7) is 3.86. The van der Waals surface area contributed by atoms with E-state index in [1.165, 1.54) is 0 Å². The van der Waals surface area contributed by atoms with Gasteiger partial charge >= 0.3 is 0 Å². The zero-order valence-corrected chi connectivity index (χ0v) is 11.9. The number of aromatic nitrogens is 2. The summed E-state index contributed by atoms with van der Waals surface area (Å²) in [6.07, 6.45) is 3.73. The Bertz CT molecular complexity index is 525. The lowest BCUT2D eigenvalue weighted by molar-refractivity contribution is 0.285. The van der Waals surface area contributed by atoms with Crippen LogP contribution in [0.1, 0.15) is 18.3 Å². The molecule has 18 heavy (non-hydrogen) atoms. The molecule has 96 valence electrons. The highest BCUT2D eigenvalue weighted by Crippen LogP contribution is 2.29. The van der Waals surface area contributed by atoms with Gasteiger partial charge in [0.15, 0.2) is 0 Å². The zero-order valence-electron chi connectivity index (χ0n) is 10.3. The van der Waals surface area contributed by atoms with Crippen LogP contribution in [0, 0.1) is 0 Å². The van der Waals surface area contributed by atoms with Gasteiger partial charge in [-0.25, -0.2) is 4.98 Å². The van der Waals surface area contributed by atoms with Crippen molar-refractivity contribution >= 4 is 15.9 Å². The van der Waals surface area contributed by atoms with Gasteiger partial charge in [0, 0.05) is 31.0 Å². The second kappa shape index (κ2) is 6.02. The molecule has 0 unspecified atom stereocenters. The molecule has 0 aliphatic heterocycles. The normalized spacial score (nSPS) is 10.6. The minimum absolute atomic E-state index is 0.441. The molecule has 0 spiro atoms. The second-order valence-electron chi connectivity index (χ2n) is 3.85. The lowest BCUT2D eigenvalue weighted by Gasteiger charge is -2.12. The van der Waals surface area contributed by atoms with Crippen molar-refractivity contribution in [2.45, 2.75) is 26.6 Å². The first-order valence-electron chi connectivity index (χ1n) is 5.86. The summed E-state index contributed by atoms with van der Waals surface area (Å²) in [7, 11) is 0. The van der Waals surface area contributed by atoms with Crippen LogP contribution in [-0.2, 0) is 19.7 Å². The first kappa shape index (κ1) is 13.1.